The second-order valence-corrected chi connectivity index (χ2v) is 5.87. The van der Waals surface area contributed by atoms with Crippen molar-refractivity contribution in [3.05, 3.63) is 28.8 Å². The van der Waals surface area contributed by atoms with Gasteiger partial charge in [0.05, 0.1) is 5.41 Å². The van der Waals surface area contributed by atoms with Crippen LogP contribution in [0.2, 0.25) is 5.02 Å². The lowest BCUT2D eigenvalue weighted by atomic mass is 9.73. The Kier molecular flexibility index (Phi) is 4.48. The van der Waals surface area contributed by atoms with Gasteiger partial charge in [0.1, 0.15) is 0 Å². The van der Waals surface area contributed by atoms with Gasteiger partial charge in [-0.05, 0) is 37.5 Å². The summed E-state index contributed by atoms with van der Waals surface area (Å²) in [5.41, 5.74) is 7.22. The molecule has 1 saturated carbocycles. The minimum Gasteiger partial charge on any atom is -0.329 e. The molecule has 4 heteroatoms. The fourth-order valence-corrected chi connectivity index (χ4v) is 2.87. The van der Waals surface area contributed by atoms with Crippen molar-refractivity contribution in [3.8, 4) is 0 Å². The molecule has 1 aromatic carbocycles. The first-order valence-corrected chi connectivity index (χ1v) is 7.23. The molecule has 0 heterocycles. The summed E-state index contributed by atoms with van der Waals surface area (Å²) in [4.78, 5) is 12.5. The van der Waals surface area contributed by atoms with Crippen LogP contribution in [0.1, 0.15) is 37.7 Å². The van der Waals surface area contributed by atoms with Crippen molar-refractivity contribution < 1.29 is 4.79 Å². The Morgan fingerprint density at radius 1 is 1.37 bits per heavy atom. The van der Waals surface area contributed by atoms with E-state index in [2.05, 4.69) is 5.32 Å². The molecule has 0 aliphatic heterocycles. The summed E-state index contributed by atoms with van der Waals surface area (Å²) >= 11 is 6.08. The van der Waals surface area contributed by atoms with Crippen molar-refractivity contribution >= 4 is 23.2 Å². The molecule has 1 aliphatic carbocycles. The molecule has 0 bridgehead atoms. The molecule has 0 radical (unpaired) electrons. The number of amides is 1. The van der Waals surface area contributed by atoms with E-state index in [1.807, 2.05) is 19.1 Å². The van der Waals surface area contributed by atoms with Crippen LogP contribution in [-0.4, -0.2) is 12.5 Å². The maximum absolute atomic E-state index is 12.5. The number of halogens is 1. The predicted molar refractivity (Wildman–Crippen MR) is 79.4 cm³/mol. The Morgan fingerprint density at radius 2 is 2.05 bits per heavy atom. The molecule has 19 heavy (non-hydrogen) atoms. The third-order valence-electron chi connectivity index (χ3n) is 4.11. The van der Waals surface area contributed by atoms with Crippen molar-refractivity contribution in [1.29, 1.82) is 0 Å². The SMILES string of the molecule is Cc1ccc(NC(=O)C2(CN)CCCCC2)cc1Cl. The average Bonchev–Trinajstić information content (AvgIpc) is 2.43. The van der Waals surface area contributed by atoms with Crippen LogP contribution in [0.3, 0.4) is 0 Å². The summed E-state index contributed by atoms with van der Waals surface area (Å²) in [5.74, 6) is 0.0367. The second kappa shape index (κ2) is 5.93. The van der Waals surface area contributed by atoms with Crippen LogP contribution < -0.4 is 11.1 Å². The van der Waals surface area contributed by atoms with Gasteiger partial charge in [-0.25, -0.2) is 0 Å². The van der Waals surface area contributed by atoms with Gasteiger partial charge in [-0.3, -0.25) is 4.79 Å². The number of hydrogen-bond acceptors (Lipinski definition) is 2. The van der Waals surface area contributed by atoms with E-state index in [-0.39, 0.29) is 5.91 Å². The molecule has 0 spiro atoms. The summed E-state index contributed by atoms with van der Waals surface area (Å²) in [7, 11) is 0. The van der Waals surface area contributed by atoms with Gasteiger partial charge in [-0.2, -0.15) is 0 Å². The Hall–Kier alpha value is -1.06. The maximum atomic E-state index is 12.5. The molecule has 104 valence electrons. The molecule has 1 aliphatic rings. The first kappa shape index (κ1) is 14.4. The number of benzene rings is 1. The first-order valence-electron chi connectivity index (χ1n) is 6.85. The maximum Gasteiger partial charge on any atom is 0.231 e. The highest BCUT2D eigenvalue weighted by Gasteiger charge is 2.38. The minimum absolute atomic E-state index is 0.0367. The number of carbonyl (C=O) groups excluding carboxylic acids is 1. The monoisotopic (exact) mass is 280 g/mol. The molecule has 1 aromatic rings. The van der Waals surface area contributed by atoms with Crippen LogP contribution in [0.4, 0.5) is 5.69 Å². The van der Waals surface area contributed by atoms with Gasteiger partial charge in [0.15, 0.2) is 0 Å². The summed E-state index contributed by atoms with van der Waals surface area (Å²) < 4.78 is 0. The van der Waals surface area contributed by atoms with Crippen molar-refractivity contribution in [2.24, 2.45) is 11.1 Å². The van der Waals surface area contributed by atoms with E-state index in [0.717, 1.165) is 36.9 Å². The van der Waals surface area contributed by atoms with Gasteiger partial charge in [-0.15, -0.1) is 0 Å². The molecule has 0 unspecified atom stereocenters. The number of nitrogens with one attached hydrogen (secondary N) is 1. The summed E-state index contributed by atoms with van der Waals surface area (Å²) in [6.07, 6.45) is 5.13. The number of anilines is 1. The van der Waals surface area contributed by atoms with E-state index in [4.69, 9.17) is 17.3 Å². The molecule has 0 atom stereocenters. The largest absolute Gasteiger partial charge is 0.329 e. The smallest absolute Gasteiger partial charge is 0.231 e. The Balaban J connectivity index is 2.12. The van der Waals surface area contributed by atoms with Crippen LogP contribution >= 0.6 is 11.6 Å². The topological polar surface area (TPSA) is 55.1 Å². The molecule has 3 nitrogen and oxygen atoms in total. The number of nitrogens with two attached hydrogens (primary N) is 1. The number of hydrogen-bond donors (Lipinski definition) is 2. The number of carbonyl (C=O) groups is 1. The van der Waals surface area contributed by atoms with Gasteiger partial charge >= 0.3 is 0 Å². The molecule has 0 saturated heterocycles. The van der Waals surface area contributed by atoms with E-state index in [1.165, 1.54) is 6.42 Å². The van der Waals surface area contributed by atoms with E-state index >= 15 is 0 Å². The van der Waals surface area contributed by atoms with Crippen molar-refractivity contribution in [3.63, 3.8) is 0 Å². The van der Waals surface area contributed by atoms with Gasteiger partial charge in [-0.1, -0.05) is 36.9 Å². The number of rotatable bonds is 3. The van der Waals surface area contributed by atoms with Crippen molar-refractivity contribution in [2.45, 2.75) is 39.0 Å². The lowest BCUT2D eigenvalue weighted by molar-refractivity contribution is -0.126. The predicted octanol–water partition coefficient (Wildman–Crippen LogP) is 3.50. The van der Waals surface area contributed by atoms with Crippen LogP contribution in [0, 0.1) is 12.3 Å². The molecule has 1 amide bonds. The quantitative estimate of drug-likeness (QED) is 0.890. The summed E-state index contributed by atoms with van der Waals surface area (Å²) in [5, 5.41) is 3.64. The molecular formula is C15H21ClN2O. The van der Waals surface area contributed by atoms with Gasteiger partial charge in [0.2, 0.25) is 5.91 Å². The minimum atomic E-state index is -0.393. The zero-order chi connectivity index (χ0) is 13.9. The lowest BCUT2D eigenvalue weighted by Gasteiger charge is -2.34. The standard InChI is InChI=1S/C15H21ClN2O/c1-11-5-6-12(9-13(11)16)18-14(19)15(10-17)7-3-2-4-8-15/h5-6,9H,2-4,7-8,10,17H2,1H3,(H,18,19). The zero-order valence-corrected chi connectivity index (χ0v) is 12.1. The molecule has 3 N–H and O–H groups in total. The van der Waals surface area contributed by atoms with Crippen LogP contribution in [-0.2, 0) is 4.79 Å². The van der Waals surface area contributed by atoms with Crippen LogP contribution in [0.15, 0.2) is 18.2 Å². The second-order valence-electron chi connectivity index (χ2n) is 5.46. The Morgan fingerprint density at radius 3 is 2.63 bits per heavy atom. The first-order chi connectivity index (χ1) is 9.07. The highest BCUT2D eigenvalue weighted by atomic mass is 35.5. The molecule has 2 rings (SSSR count). The van der Waals surface area contributed by atoms with Crippen molar-refractivity contribution in [1.82, 2.24) is 0 Å². The molecule has 0 aromatic heterocycles. The lowest BCUT2D eigenvalue weighted by Crippen LogP contribution is -2.43. The summed E-state index contributed by atoms with van der Waals surface area (Å²) in [6.45, 7) is 2.36. The number of aryl methyl sites for hydroxylation is 1. The van der Waals surface area contributed by atoms with E-state index in [1.54, 1.807) is 6.07 Å². The van der Waals surface area contributed by atoms with E-state index in [9.17, 15) is 4.79 Å². The van der Waals surface area contributed by atoms with Gasteiger partial charge < -0.3 is 11.1 Å². The van der Waals surface area contributed by atoms with E-state index < -0.39 is 5.41 Å². The van der Waals surface area contributed by atoms with Gasteiger partial charge in [0.25, 0.3) is 0 Å². The molecule has 1 fully saturated rings. The summed E-state index contributed by atoms with van der Waals surface area (Å²) in [6, 6.07) is 5.59. The normalized spacial score (nSPS) is 18.1. The average molecular weight is 281 g/mol. The highest BCUT2D eigenvalue weighted by molar-refractivity contribution is 6.31. The van der Waals surface area contributed by atoms with Gasteiger partial charge in [0, 0.05) is 17.3 Å². The fourth-order valence-electron chi connectivity index (χ4n) is 2.69. The zero-order valence-electron chi connectivity index (χ0n) is 11.3. The van der Waals surface area contributed by atoms with Crippen LogP contribution in [0.5, 0.6) is 0 Å². The fraction of sp³-hybridized carbons (Fsp3) is 0.533. The molecular weight excluding hydrogens is 260 g/mol. The third-order valence-corrected chi connectivity index (χ3v) is 4.52. The third kappa shape index (κ3) is 3.10. The Labute approximate surface area is 119 Å². The van der Waals surface area contributed by atoms with Crippen LogP contribution in [0.25, 0.3) is 0 Å². The Bertz CT molecular complexity index is 467. The van der Waals surface area contributed by atoms with E-state index in [0.29, 0.717) is 11.6 Å². The highest BCUT2D eigenvalue weighted by Crippen LogP contribution is 2.36. The van der Waals surface area contributed by atoms with Crippen molar-refractivity contribution in [2.75, 3.05) is 11.9 Å².